The van der Waals surface area contributed by atoms with E-state index in [2.05, 4.69) is 36.2 Å². The molecule has 0 aliphatic carbocycles. The molecule has 0 bridgehead atoms. The average molecular weight is 300 g/mol. The first kappa shape index (κ1) is 14.3. The van der Waals surface area contributed by atoms with Gasteiger partial charge in [0, 0.05) is 24.5 Å². The summed E-state index contributed by atoms with van der Waals surface area (Å²) >= 11 is 1.66. The van der Waals surface area contributed by atoms with Crippen molar-refractivity contribution in [2.45, 2.75) is 12.5 Å². The van der Waals surface area contributed by atoms with Crippen LogP contribution in [-0.4, -0.2) is 42.4 Å². The Morgan fingerprint density at radius 2 is 2.00 bits per heavy atom. The van der Waals surface area contributed by atoms with Gasteiger partial charge in [0.25, 0.3) is 0 Å². The summed E-state index contributed by atoms with van der Waals surface area (Å²) in [6.07, 6.45) is 0.531. The molecule has 1 aliphatic heterocycles. The molecule has 1 amide bonds. The summed E-state index contributed by atoms with van der Waals surface area (Å²) in [5.41, 5.74) is 1.29. The van der Waals surface area contributed by atoms with Gasteiger partial charge in [0.15, 0.2) is 0 Å². The zero-order valence-electron chi connectivity index (χ0n) is 12.2. The van der Waals surface area contributed by atoms with Crippen molar-refractivity contribution in [2.24, 2.45) is 0 Å². The summed E-state index contributed by atoms with van der Waals surface area (Å²) in [5.74, 6) is 0.242. The smallest absolute Gasteiger partial charge is 0.227 e. The number of thiophene rings is 1. The number of carbonyl (C=O) groups is 1. The van der Waals surface area contributed by atoms with Crippen LogP contribution in [0.5, 0.6) is 0 Å². The SMILES string of the molecule is CN1CCN(C(=O)Cc2cccs2)CC1c1ccccc1. The van der Waals surface area contributed by atoms with Gasteiger partial charge in [-0.25, -0.2) is 0 Å². The zero-order chi connectivity index (χ0) is 14.7. The van der Waals surface area contributed by atoms with Crippen molar-refractivity contribution >= 4 is 17.2 Å². The van der Waals surface area contributed by atoms with Gasteiger partial charge in [-0.05, 0) is 24.1 Å². The van der Waals surface area contributed by atoms with Gasteiger partial charge in [-0.15, -0.1) is 11.3 Å². The van der Waals surface area contributed by atoms with E-state index in [1.54, 1.807) is 11.3 Å². The lowest BCUT2D eigenvalue weighted by Crippen LogP contribution is -2.49. The lowest BCUT2D eigenvalue weighted by atomic mass is 10.0. The molecule has 1 atom stereocenters. The highest BCUT2D eigenvalue weighted by Gasteiger charge is 2.28. The first-order valence-corrected chi connectivity index (χ1v) is 8.17. The van der Waals surface area contributed by atoms with Crippen LogP contribution in [0.3, 0.4) is 0 Å². The van der Waals surface area contributed by atoms with Crippen LogP contribution in [0.1, 0.15) is 16.5 Å². The lowest BCUT2D eigenvalue weighted by molar-refractivity contribution is -0.133. The molecule has 1 saturated heterocycles. The molecule has 110 valence electrons. The first-order chi connectivity index (χ1) is 10.2. The van der Waals surface area contributed by atoms with Crippen LogP contribution in [0.25, 0.3) is 0 Å². The Kier molecular flexibility index (Phi) is 4.36. The number of piperazine rings is 1. The summed E-state index contributed by atoms with van der Waals surface area (Å²) in [7, 11) is 2.14. The van der Waals surface area contributed by atoms with Crippen molar-refractivity contribution in [3.05, 3.63) is 58.3 Å². The third-order valence-corrected chi connectivity index (χ3v) is 4.97. The number of rotatable bonds is 3. The average Bonchev–Trinajstić information content (AvgIpc) is 3.01. The van der Waals surface area contributed by atoms with Gasteiger partial charge in [-0.1, -0.05) is 36.4 Å². The van der Waals surface area contributed by atoms with E-state index in [1.165, 1.54) is 5.56 Å². The zero-order valence-corrected chi connectivity index (χ0v) is 13.1. The summed E-state index contributed by atoms with van der Waals surface area (Å²) in [6.45, 7) is 2.53. The number of nitrogens with zero attached hydrogens (tertiary/aromatic N) is 2. The highest BCUT2D eigenvalue weighted by molar-refractivity contribution is 7.10. The van der Waals surface area contributed by atoms with Gasteiger partial charge >= 0.3 is 0 Å². The van der Waals surface area contributed by atoms with E-state index < -0.39 is 0 Å². The van der Waals surface area contributed by atoms with Crippen LogP contribution in [-0.2, 0) is 11.2 Å². The van der Waals surface area contributed by atoms with E-state index >= 15 is 0 Å². The summed E-state index contributed by atoms with van der Waals surface area (Å²) in [6, 6.07) is 14.8. The van der Waals surface area contributed by atoms with Crippen molar-refractivity contribution in [3.63, 3.8) is 0 Å². The topological polar surface area (TPSA) is 23.6 Å². The van der Waals surface area contributed by atoms with E-state index in [0.29, 0.717) is 12.5 Å². The van der Waals surface area contributed by atoms with Gasteiger partial charge in [0.05, 0.1) is 12.5 Å². The molecule has 21 heavy (non-hydrogen) atoms. The molecule has 3 nitrogen and oxygen atoms in total. The largest absolute Gasteiger partial charge is 0.339 e. The van der Waals surface area contributed by atoms with E-state index in [0.717, 1.165) is 24.5 Å². The van der Waals surface area contributed by atoms with Crippen molar-refractivity contribution in [1.82, 2.24) is 9.80 Å². The van der Waals surface area contributed by atoms with Crippen LogP contribution < -0.4 is 0 Å². The molecule has 0 saturated carbocycles. The molecular weight excluding hydrogens is 280 g/mol. The van der Waals surface area contributed by atoms with Crippen LogP contribution in [0.2, 0.25) is 0 Å². The second-order valence-electron chi connectivity index (χ2n) is 5.50. The molecular formula is C17H20N2OS. The van der Waals surface area contributed by atoms with E-state index in [-0.39, 0.29) is 5.91 Å². The fourth-order valence-electron chi connectivity index (χ4n) is 2.81. The minimum Gasteiger partial charge on any atom is -0.339 e. The molecule has 3 rings (SSSR count). The van der Waals surface area contributed by atoms with Crippen molar-refractivity contribution in [2.75, 3.05) is 26.7 Å². The van der Waals surface area contributed by atoms with Crippen LogP contribution in [0, 0.1) is 0 Å². The highest BCUT2D eigenvalue weighted by atomic mass is 32.1. The van der Waals surface area contributed by atoms with E-state index in [1.807, 2.05) is 28.5 Å². The Bertz CT molecular complexity index is 582. The molecule has 1 unspecified atom stereocenters. The number of amides is 1. The van der Waals surface area contributed by atoms with Crippen molar-refractivity contribution < 1.29 is 4.79 Å². The summed E-state index contributed by atoms with van der Waals surface area (Å²) < 4.78 is 0. The predicted molar refractivity (Wildman–Crippen MR) is 86.4 cm³/mol. The standard InChI is InChI=1S/C17H20N2OS/c1-18-9-10-19(17(20)12-15-8-5-11-21-15)13-16(18)14-6-3-2-4-7-14/h2-8,11,16H,9-10,12-13H2,1H3. The fourth-order valence-corrected chi connectivity index (χ4v) is 3.51. The second kappa shape index (κ2) is 6.41. The minimum absolute atomic E-state index is 0.242. The first-order valence-electron chi connectivity index (χ1n) is 7.29. The Labute approximate surface area is 129 Å². The Balaban J connectivity index is 1.69. The molecule has 4 heteroatoms. The predicted octanol–water partition coefficient (Wildman–Crippen LogP) is 2.81. The van der Waals surface area contributed by atoms with E-state index in [4.69, 9.17) is 0 Å². The molecule has 2 heterocycles. The quantitative estimate of drug-likeness (QED) is 0.870. The second-order valence-corrected chi connectivity index (χ2v) is 6.54. The third kappa shape index (κ3) is 3.34. The summed E-state index contributed by atoms with van der Waals surface area (Å²) in [5, 5.41) is 2.03. The number of likely N-dealkylation sites (N-methyl/N-ethyl adjacent to an activating group) is 1. The van der Waals surface area contributed by atoms with E-state index in [9.17, 15) is 4.79 Å². The van der Waals surface area contributed by atoms with Gasteiger partial charge in [-0.2, -0.15) is 0 Å². The molecule has 1 aromatic carbocycles. The maximum atomic E-state index is 12.5. The molecule has 0 spiro atoms. The number of carbonyl (C=O) groups excluding carboxylic acids is 1. The molecule has 1 fully saturated rings. The number of hydrogen-bond acceptors (Lipinski definition) is 3. The Hall–Kier alpha value is -1.65. The molecule has 1 aromatic heterocycles. The fraction of sp³-hybridized carbons (Fsp3) is 0.353. The van der Waals surface area contributed by atoms with Gasteiger partial charge in [-0.3, -0.25) is 9.69 Å². The number of benzene rings is 1. The van der Waals surface area contributed by atoms with Crippen LogP contribution >= 0.6 is 11.3 Å². The number of hydrogen-bond donors (Lipinski definition) is 0. The molecule has 0 N–H and O–H groups in total. The normalized spacial score (nSPS) is 19.7. The molecule has 0 radical (unpaired) electrons. The Morgan fingerprint density at radius 3 is 2.71 bits per heavy atom. The summed E-state index contributed by atoms with van der Waals surface area (Å²) in [4.78, 5) is 18.0. The molecule has 1 aliphatic rings. The Morgan fingerprint density at radius 1 is 1.19 bits per heavy atom. The monoisotopic (exact) mass is 300 g/mol. The maximum Gasteiger partial charge on any atom is 0.227 e. The maximum absolute atomic E-state index is 12.5. The van der Waals surface area contributed by atoms with Gasteiger partial charge < -0.3 is 4.90 Å². The van der Waals surface area contributed by atoms with Gasteiger partial charge in [0.1, 0.15) is 0 Å². The van der Waals surface area contributed by atoms with Crippen molar-refractivity contribution in [1.29, 1.82) is 0 Å². The van der Waals surface area contributed by atoms with Gasteiger partial charge in [0.2, 0.25) is 5.91 Å². The molecule has 2 aromatic rings. The third-order valence-electron chi connectivity index (χ3n) is 4.09. The highest BCUT2D eigenvalue weighted by Crippen LogP contribution is 2.24. The van der Waals surface area contributed by atoms with Crippen LogP contribution in [0.4, 0.5) is 0 Å². The lowest BCUT2D eigenvalue weighted by Gasteiger charge is -2.39. The van der Waals surface area contributed by atoms with Crippen LogP contribution in [0.15, 0.2) is 47.8 Å². The minimum atomic E-state index is 0.242. The van der Waals surface area contributed by atoms with Crippen molar-refractivity contribution in [3.8, 4) is 0 Å².